The van der Waals surface area contributed by atoms with Gasteiger partial charge in [0.15, 0.2) is 0 Å². The zero-order valence-electron chi connectivity index (χ0n) is 7.01. The Morgan fingerprint density at radius 1 is 0.909 bits per heavy atom. The third-order valence-electron chi connectivity index (χ3n) is 2.71. The first kappa shape index (κ1) is 7.56. The van der Waals surface area contributed by atoms with E-state index in [1.807, 2.05) is 0 Å². The van der Waals surface area contributed by atoms with Crippen molar-refractivity contribution in [3.63, 3.8) is 0 Å². The largest absolute Gasteiger partial charge is 0.378 e. The molecule has 1 N–H and O–H groups in total. The molecule has 0 spiro atoms. The van der Waals surface area contributed by atoms with Gasteiger partial charge in [-0.3, -0.25) is 0 Å². The van der Waals surface area contributed by atoms with E-state index in [1.165, 1.54) is 32.1 Å². The van der Waals surface area contributed by atoms with Crippen molar-refractivity contribution in [2.24, 2.45) is 0 Å². The van der Waals surface area contributed by atoms with Gasteiger partial charge in [0.05, 0.1) is 19.3 Å². The number of hydrogen-bond donors (Lipinski definition) is 1. The third-order valence-corrected chi connectivity index (χ3v) is 2.71. The van der Waals surface area contributed by atoms with Crippen LogP contribution in [0.5, 0.6) is 0 Å². The molecule has 0 aromatic heterocycles. The van der Waals surface area contributed by atoms with Crippen molar-refractivity contribution in [1.82, 2.24) is 5.32 Å². The second kappa shape index (κ2) is 3.55. The van der Waals surface area contributed by atoms with E-state index in [0.29, 0.717) is 6.04 Å². The molecule has 0 radical (unpaired) electrons. The Morgan fingerprint density at radius 2 is 1.64 bits per heavy atom. The molecule has 64 valence electrons. The van der Waals surface area contributed by atoms with Gasteiger partial charge in [0.2, 0.25) is 0 Å². The Labute approximate surface area is 68.3 Å². The summed E-state index contributed by atoms with van der Waals surface area (Å²) in [6, 6.07) is 1.48. The minimum Gasteiger partial charge on any atom is -0.378 e. The molecule has 1 heterocycles. The topological polar surface area (TPSA) is 21.3 Å². The van der Waals surface area contributed by atoms with Gasteiger partial charge in [-0.15, -0.1) is 0 Å². The molecule has 2 nitrogen and oxygen atoms in total. The van der Waals surface area contributed by atoms with E-state index in [9.17, 15) is 0 Å². The Morgan fingerprint density at radius 3 is 2.18 bits per heavy atom. The Kier molecular flexibility index (Phi) is 2.44. The lowest BCUT2D eigenvalue weighted by Gasteiger charge is -2.33. The summed E-state index contributed by atoms with van der Waals surface area (Å²) < 4.78 is 5.11. The van der Waals surface area contributed by atoms with E-state index in [-0.39, 0.29) is 0 Å². The highest BCUT2D eigenvalue weighted by molar-refractivity contribution is 4.80. The zero-order chi connectivity index (χ0) is 7.52. The summed E-state index contributed by atoms with van der Waals surface area (Å²) in [4.78, 5) is 0. The molecule has 0 aromatic rings. The average molecular weight is 155 g/mol. The maximum atomic E-state index is 5.11. The van der Waals surface area contributed by atoms with Gasteiger partial charge < -0.3 is 10.1 Å². The standard InChI is InChI=1S/C9H17NO/c1-2-4-8(5-3-1)10-9-6-11-7-9/h8-10H,1-7H2. The van der Waals surface area contributed by atoms with Gasteiger partial charge in [-0.25, -0.2) is 0 Å². The molecule has 1 aliphatic carbocycles. The molecule has 2 fully saturated rings. The van der Waals surface area contributed by atoms with Gasteiger partial charge in [-0.05, 0) is 12.8 Å². The molecule has 2 heteroatoms. The molecule has 0 amide bonds. The highest BCUT2D eigenvalue weighted by Crippen LogP contribution is 2.18. The molecule has 2 aliphatic rings. The van der Waals surface area contributed by atoms with Crippen LogP contribution in [-0.2, 0) is 4.74 Å². The van der Waals surface area contributed by atoms with Crippen molar-refractivity contribution >= 4 is 0 Å². The van der Waals surface area contributed by atoms with Crippen molar-refractivity contribution in [1.29, 1.82) is 0 Å². The van der Waals surface area contributed by atoms with Crippen molar-refractivity contribution in [3.05, 3.63) is 0 Å². The van der Waals surface area contributed by atoms with Gasteiger partial charge in [-0.1, -0.05) is 19.3 Å². The van der Waals surface area contributed by atoms with E-state index >= 15 is 0 Å². The van der Waals surface area contributed by atoms with Crippen molar-refractivity contribution < 1.29 is 4.74 Å². The maximum absolute atomic E-state index is 5.11. The minimum absolute atomic E-state index is 0.679. The van der Waals surface area contributed by atoms with E-state index in [4.69, 9.17) is 4.74 Å². The average Bonchev–Trinajstić information content (AvgIpc) is 1.99. The van der Waals surface area contributed by atoms with Crippen molar-refractivity contribution in [2.45, 2.75) is 44.2 Å². The van der Waals surface area contributed by atoms with E-state index in [0.717, 1.165) is 19.3 Å². The van der Waals surface area contributed by atoms with E-state index in [2.05, 4.69) is 5.32 Å². The molecular formula is C9H17NO. The fraction of sp³-hybridized carbons (Fsp3) is 1.00. The predicted octanol–water partition coefficient (Wildman–Crippen LogP) is 1.31. The maximum Gasteiger partial charge on any atom is 0.0643 e. The van der Waals surface area contributed by atoms with Crippen LogP contribution >= 0.6 is 0 Å². The summed E-state index contributed by atoms with van der Waals surface area (Å²) in [5.74, 6) is 0. The normalized spacial score (nSPS) is 28.4. The molecule has 2 rings (SSSR count). The third kappa shape index (κ3) is 1.94. The van der Waals surface area contributed by atoms with E-state index in [1.54, 1.807) is 0 Å². The molecule has 0 atom stereocenters. The second-order valence-corrected chi connectivity index (χ2v) is 3.74. The smallest absolute Gasteiger partial charge is 0.0643 e. The van der Waals surface area contributed by atoms with Crippen LogP contribution in [0.15, 0.2) is 0 Å². The van der Waals surface area contributed by atoms with Gasteiger partial charge >= 0.3 is 0 Å². The molecule has 1 saturated carbocycles. The molecule has 11 heavy (non-hydrogen) atoms. The quantitative estimate of drug-likeness (QED) is 0.649. The first-order chi connectivity index (χ1) is 5.45. The Hall–Kier alpha value is -0.0800. The molecule has 0 unspecified atom stereocenters. The minimum atomic E-state index is 0.679. The number of nitrogens with one attached hydrogen (secondary N) is 1. The molecule has 0 bridgehead atoms. The van der Waals surface area contributed by atoms with Crippen LogP contribution in [0.1, 0.15) is 32.1 Å². The van der Waals surface area contributed by atoms with Gasteiger partial charge in [0.25, 0.3) is 0 Å². The van der Waals surface area contributed by atoms with Crippen LogP contribution < -0.4 is 5.32 Å². The van der Waals surface area contributed by atoms with Crippen LogP contribution in [0, 0.1) is 0 Å². The van der Waals surface area contributed by atoms with Crippen LogP contribution in [0.3, 0.4) is 0 Å². The van der Waals surface area contributed by atoms with Crippen LogP contribution in [0.25, 0.3) is 0 Å². The Balaban J connectivity index is 1.67. The highest BCUT2D eigenvalue weighted by atomic mass is 16.5. The summed E-state index contributed by atoms with van der Waals surface area (Å²) in [6.45, 7) is 1.88. The SMILES string of the molecule is C1CCC(NC2COC2)CC1. The van der Waals surface area contributed by atoms with Crippen LogP contribution in [0.2, 0.25) is 0 Å². The first-order valence-corrected chi connectivity index (χ1v) is 4.79. The van der Waals surface area contributed by atoms with Crippen molar-refractivity contribution in [3.8, 4) is 0 Å². The van der Waals surface area contributed by atoms with Gasteiger partial charge in [0.1, 0.15) is 0 Å². The highest BCUT2D eigenvalue weighted by Gasteiger charge is 2.22. The van der Waals surface area contributed by atoms with Crippen LogP contribution in [-0.4, -0.2) is 25.3 Å². The number of ether oxygens (including phenoxy) is 1. The van der Waals surface area contributed by atoms with Gasteiger partial charge in [0, 0.05) is 6.04 Å². The fourth-order valence-electron chi connectivity index (χ4n) is 1.93. The zero-order valence-corrected chi connectivity index (χ0v) is 7.01. The molecule has 0 aromatic carbocycles. The monoisotopic (exact) mass is 155 g/mol. The van der Waals surface area contributed by atoms with Crippen LogP contribution in [0.4, 0.5) is 0 Å². The summed E-state index contributed by atoms with van der Waals surface area (Å²) in [5, 5.41) is 3.63. The lowest BCUT2D eigenvalue weighted by atomic mass is 9.95. The summed E-state index contributed by atoms with van der Waals surface area (Å²) in [6.07, 6.45) is 7.06. The summed E-state index contributed by atoms with van der Waals surface area (Å²) in [7, 11) is 0. The number of hydrogen-bond acceptors (Lipinski definition) is 2. The van der Waals surface area contributed by atoms with Crippen molar-refractivity contribution in [2.75, 3.05) is 13.2 Å². The molecule has 1 aliphatic heterocycles. The van der Waals surface area contributed by atoms with E-state index < -0.39 is 0 Å². The lowest BCUT2D eigenvalue weighted by molar-refractivity contribution is -0.0118. The fourth-order valence-corrected chi connectivity index (χ4v) is 1.93. The first-order valence-electron chi connectivity index (χ1n) is 4.79. The summed E-state index contributed by atoms with van der Waals surface area (Å²) >= 11 is 0. The predicted molar refractivity (Wildman–Crippen MR) is 44.6 cm³/mol. The molecule has 1 saturated heterocycles. The van der Waals surface area contributed by atoms with Gasteiger partial charge in [-0.2, -0.15) is 0 Å². The second-order valence-electron chi connectivity index (χ2n) is 3.74. The molecular weight excluding hydrogens is 138 g/mol. The Bertz CT molecular complexity index is 117. The number of rotatable bonds is 2. The summed E-state index contributed by atoms with van der Waals surface area (Å²) in [5.41, 5.74) is 0. The lowest BCUT2D eigenvalue weighted by Crippen LogP contribution is -2.50.